The predicted octanol–water partition coefficient (Wildman–Crippen LogP) is 4.06. The van der Waals surface area contributed by atoms with Gasteiger partial charge >= 0.3 is 0 Å². The summed E-state index contributed by atoms with van der Waals surface area (Å²) < 4.78 is 16.1. The lowest BCUT2D eigenvalue weighted by atomic mass is 10.1. The first kappa shape index (κ1) is 17.5. The first-order valence-corrected chi connectivity index (χ1v) is 8.21. The van der Waals surface area contributed by atoms with E-state index < -0.39 is 6.10 Å². The quantitative estimate of drug-likeness (QED) is 0.724. The van der Waals surface area contributed by atoms with E-state index in [1.54, 1.807) is 32.2 Å². The second kappa shape index (κ2) is 7.74. The standard InChI is InChI=1S/C20H20N2O4/c1-13-8-10-15(11-9-13)16-12-19(26-22-16)21-20(23)14(2)25-18-7-5-4-6-17(18)24-3/h4-12,14H,1-3H3,(H,21,23)/t14-/m1/s1. The number of rotatable bonds is 6. The number of aryl methyl sites for hydroxylation is 1. The molecule has 0 saturated heterocycles. The normalized spacial score (nSPS) is 11.7. The molecule has 6 heteroatoms. The molecule has 6 nitrogen and oxygen atoms in total. The smallest absolute Gasteiger partial charge is 0.267 e. The molecule has 0 aliphatic carbocycles. The van der Waals surface area contributed by atoms with Gasteiger partial charge in [-0.15, -0.1) is 0 Å². The van der Waals surface area contributed by atoms with Gasteiger partial charge < -0.3 is 14.0 Å². The van der Waals surface area contributed by atoms with E-state index in [0.29, 0.717) is 17.2 Å². The molecule has 0 saturated carbocycles. The Labute approximate surface area is 151 Å². The zero-order valence-electron chi connectivity index (χ0n) is 14.9. The highest BCUT2D eigenvalue weighted by Gasteiger charge is 2.19. The van der Waals surface area contributed by atoms with Crippen LogP contribution in [0.4, 0.5) is 5.88 Å². The van der Waals surface area contributed by atoms with Crippen LogP contribution in [0.3, 0.4) is 0 Å². The van der Waals surface area contributed by atoms with E-state index in [4.69, 9.17) is 14.0 Å². The van der Waals surface area contributed by atoms with E-state index in [2.05, 4.69) is 10.5 Å². The van der Waals surface area contributed by atoms with Crippen molar-refractivity contribution >= 4 is 11.8 Å². The van der Waals surface area contributed by atoms with Crippen LogP contribution in [0.5, 0.6) is 11.5 Å². The van der Waals surface area contributed by atoms with Crippen molar-refractivity contribution in [1.82, 2.24) is 5.16 Å². The Morgan fingerprint density at radius 1 is 1.12 bits per heavy atom. The van der Waals surface area contributed by atoms with Gasteiger partial charge in [0, 0.05) is 11.6 Å². The van der Waals surface area contributed by atoms with Crippen molar-refractivity contribution in [2.45, 2.75) is 20.0 Å². The molecule has 1 atom stereocenters. The molecule has 3 aromatic rings. The molecule has 26 heavy (non-hydrogen) atoms. The molecule has 0 radical (unpaired) electrons. The van der Waals surface area contributed by atoms with E-state index in [-0.39, 0.29) is 11.8 Å². The largest absolute Gasteiger partial charge is 0.493 e. The van der Waals surface area contributed by atoms with Gasteiger partial charge in [0.1, 0.15) is 5.69 Å². The minimum Gasteiger partial charge on any atom is -0.493 e. The number of hydrogen-bond acceptors (Lipinski definition) is 5. The lowest BCUT2D eigenvalue weighted by Gasteiger charge is -2.15. The highest BCUT2D eigenvalue weighted by Crippen LogP contribution is 2.27. The molecule has 0 aliphatic rings. The van der Waals surface area contributed by atoms with E-state index in [1.807, 2.05) is 43.3 Å². The fourth-order valence-electron chi connectivity index (χ4n) is 2.38. The Kier molecular flexibility index (Phi) is 5.22. The van der Waals surface area contributed by atoms with Crippen LogP contribution in [0.25, 0.3) is 11.3 Å². The van der Waals surface area contributed by atoms with Crippen molar-refractivity contribution < 1.29 is 18.8 Å². The third-order valence-electron chi connectivity index (χ3n) is 3.85. The van der Waals surface area contributed by atoms with Crippen molar-refractivity contribution in [1.29, 1.82) is 0 Å². The molecular formula is C20H20N2O4. The minimum absolute atomic E-state index is 0.265. The van der Waals surface area contributed by atoms with Crippen LogP contribution in [0.2, 0.25) is 0 Å². The van der Waals surface area contributed by atoms with Crippen LogP contribution in [0, 0.1) is 6.92 Å². The van der Waals surface area contributed by atoms with Crippen LogP contribution >= 0.6 is 0 Å². The number of para-hydroxylation sites is 2. The van der Waals surface area contributed by atoms with Crippen molar-refractivity contribution in [3.63, 3.8) is 0 Å². The number of carbonyl (C=O) groups is 1. The van der Waals surface area contributed by atoms with Gasteiger partial charge in [-0.05, 0) is 26.0 Å². The number of nitrogens with one attached hydrogen (secondary N) is 1. The first-order chi connectivity index (χ1) is 12.6. The Morgan fingerprint density at radius 2 is 1.81 bits per heavy atom. The van der Waals surface area contributed by atoms with Crippen molar-refractivity contribution in [3.8, 4) is 22.8 Å². The first-order valence-electron chi connectivity index (χ1n) is 8.21. The number of nitrogens with zero attached hydrogens (tertiary/aromatic N) is 1. The summed E-state index contributed by atoms with van der Waals surface area (Å²) in [6.07, 6.45) is -0.737. The van der Waals surface area contributed by atoms with Crippen LogP contribution in [-0.2, 0) is 4.79 Å². The van der Waals surface area contributed by atoms with Crippen molar-refractivity contribution in [3.05, 3.63) is 60.2 Å². The maximum atomic E-state index is 12.3. The minimum atomic E-state index is -0.737. The van der Waals surface area contributed by atoms with Gasteiger partial charge in [-0.1, -0.05) is 47.1 Å². The number of ether oxygens (including phenoxy) is 2. The Hall–Kier alpha value is -3.28. The molecule has 3 rings (SSSR count). The zero-order valence-corrected chi connectivity index (χ0v) is 14.9. The number of aromatic nitrogens is 1. The van der Waals surface area contributed by atoms with E-state index >= 15 is 0 Å². The van der Waals surface area contributed by atoms with Gasteiger partial charge in [-0.2, -0.15) is 0 Å². The molecule has 0 bridgehead atoms. The highest BCUT2D eigenvalue weighted by molar-refractivity contribution is 5.93. The highest BCUT2D eigenvalue weighted by atomic mass is 16.5. The molecule has 0 unspecified atom stereocenters. The maximum Gasteiger partial charge on any atom is 0.267 e. The molecule has 134 valence electrons. The number of hydrogen-bond donors (Lipinski definition) is 1. The summed E-state index contributed by atoms with van der Waals surface area (Å²) in [6.45, 7) is 3.67. The third-order valence-corrected chi connectivity index (χ3v) is 3.85. The summed E-state index contributed by atoms with van der Waals surface area (Å²) in [4.78, 5) is 12.3. The number of amides is 1. The summed E-state index contributed by atoms with van der Waals surface area (Å²) in [5, 5.41) is 6.66. The Balaban J connectivity index is 1.65. The average molecular weight is 352 g/mol. The SMILES string of the molecule is COc1ccccc1O[C@H](C)C(=O)Nc1cc(-c2ccc(C)cc2)no1. The molecule has 0 spiro atoms. The van der Waals surface area contributed by atoms with Gasteiger partial charge in [-0.3, -0.25) is 10.1 Å². The van der Waals surface area contributed by atoms with Crippen molar-refractivity contribution in [2.75, 3.05) is 12.4 Å². The van der Waals surface area contributed by atoms with E-state index in [9.17, 15) is 4.79 Å². The monoisotopic (exact) mass is 352 g/mol. The summed E-state index contributed by atoms with van der Waals surface area (Å²) in [5.74, 6) is 0.979. The second-order valence-electron chi connectivity index (χ2n) is 5.84. The molecule has 1 amide bonds. The van der Waals surface area contributed by atoms with Gasteiger partial charge in [0.05, 0.1) is 7.11 Å². The molecule has 1 heterocycles. The average Bonchev–Trinajstić information content (AvgIpc) is 3.11. The van der Waals surface area contributed by atoms with Gasteiger partial charge in [0.15, 0.2) is 17.6 Å². The molecule has 2 aromatic carbocycles. The summed E-state index contributed by atoms with van der Waals surface area (Å²) >= 11 is 0. The van der Waals surface area contributed by atoms with Crippen LogP contribution in [-0.4, -0.2) is 24.3 Å². The second-order valence-corrected chi connectivity index (χ2v) is 5.84. The molecule has 0 aliphatic heterocycles. The van der Waals surface area contributed by atoms with Crippen LogP contribution < -0.4 is 14.8 Å². The lowest BCUT2D eigenvalue weighted by Crippen LogP contribution is -2.30. The molecule has 0 fully saturated rings. The molecule has 1 aromatic heterocycles. The van der Waals surface area contributed by atoms with E-state index in [0.717, 1.165) is 11.1 Å². The van der Waals surface area contributed by atoms with Gasteiger partial charge in [0.25, 0.3) is 5.91 Å². The van der Waals surface area contributed by atoms with Gasteiger partial charge in [0.2, 0.25) is 5.88 Å². The number of carbonyl (C=O) groups excluding carboxylic acids is 1. The Bertz CT molecular complexity index is 887. The molecule has 1 N–H and O–H groups in total. The van der Waals surface area contributed by atoms with Crippen LogP contribution in [0.1, 0.15) is 12.5 Å². The summed E-state index contributed by atoms with van der Waals surface area (Å²) in [7, 11) is 1.55. The van der Waals surface area contributed by atoms with Gasteiger partial charge in [-0.25, -0.2) is 0 Å². The third kappa shape index (κ3) is 4.03. The zero-order chi connectivity index (χ0) is 18.5. The fourth-order valence-corrected chi connectivity index (χ4v) is 2.38. The Morgan fingerprint density at radius 3 is 2.50 bits per heavy atom. The number of anilines is 1. The topological polar surface area (TPSA) is 73.6 Å². The van der Waals surface area contributed by atoms with E-state index in [1.165, 1.54) is 0 Å². The molecular weight excluding hydrogens is 332 g/mol. The number of methoxy groups -OCH3 is 1. The summed E-state index contributed by atoms with van der Waals surface area (Å²) in [6, 6.07) is 16.7. The number of benzene rings is 2. The summed E-state index contributed by atoms with van der Waals surface area (Å²) in [5.41, 5.74) is 2.73. The van der Waals surface area contributed by atoms with Crippen molar-refractivity contribution in [2.24, 2.45) is 0 Å². The maximum absolute atomic E-state index is 12.3. The van der Waals surface area contributed by atoms with Crippen LogP contribution in [0.15, 0.2) is 59.1 Å². The fraction of sp³-hybridized carbons (Fsp3) is 0.200. The lowest BCUT2D eigenvalue weighted by molar-refractivity contribution is -0.122. The predicted molar refractivity (Wildman–Crippen MR) is 98.4 cm³/mol.